The topological polar surface area (TPSA) is 60.4 Å². The van der Waals surface area contributed by atoms with Gasteiger partial charge in [-0.2, -0.15) is 0 Å². The molecule has 0 amide bonds. The Kier molecular flexibility index (Phi) is 7.30. The summed E-state index contributed by atoms with van der Waals surface area (Å²) in [6.45, 7) is 4.40. The van der Waals surface area contributed by atoms with Gasteiger partial charge in [-0.1, -0.05) is 115 Å². The van der Waals surface area contributed by atoms with Crippen LogP contribution < -0.4 is 14.4 Å². The van der Waals surface area contributed by atoms with Crippen molar-refractivity contribution in [3.63, 3.8) is 0 Å². The highest BCUT2D eigenvalue weighted by Crippen LogP contribution is 2.55. The van der Waals surface area contributed by atoms with Gasteiger partial charge in [-0.15, -0.1) is 0 Å². The summed E-state index contributed by atoms with van der Waals surface area (Å²) in [4.78, 5) is 21.1. The average Bonchev–Trinajstić information content (AvgIpc) is 3.40. The van der Waals surface area contributed by atoms with Gasteiger partial charge in [0.25, 0.3) is 0 Å². The summed E-state index contributed by atoms with van der Waals surface area (Å²) in [5.74, 6) is 0.986. The van der Waals surface area contributed by atoms with Gasteiger partial charge in [-0.05, 0) is 78.1 Å². The zero-order valence-corrected chi connectivity index (χ0v) is 30.8. The summed E-state index contributed by atoms with van der Waals surface area (Å²) in [6.07, 6.45) is 6.21. The molecule has 3 aliphatic heterocycles. The fraction of sp³-hybridized carbons (Fsp3) is 0.143. The van der Waals surface area contributed by atoms with Crippen LogP contribution in [0.3, 0.4) is 0 Å². The van der Waals surface area contributed by atoms with Crippen LogP contribution in [0.1, 0.15) is 52.0 Å². The molecular weight excluding hydrogens is 681 g/mol. The zero-order chi connectivity index (χ0) is 37.4. The Balaban J connectivity index is 0.959. The maximum absolute atomic E-state index is 13.8. The maximum Gasteiger partial charge on any atom is 0.338 e. The number of para-hydroxylation sites is 1. The lowest BCUT2D eigenvalue weighted by Gasteiger charge is -2.45. The molecule has 268 valence electrons. The molecule has 6 heteroatoms. The average molecular weight is 719 g/mol. The van der Waals surface area contributed by atoms with Crippen LogP contribution in [-0.4, -0.2) is 25.0 Å². The Bertz CT molecular complexity index is 2700. The number of rotatable bonds is 5. The van der Waals surface area contributed by atoms with E-state index < -0.39 is 22.7 Å². The molecule has 3 heterocycles. The minimum Gasteiger partial charge on any atom is -0.473 e. The number of benzene rings is 7. The van der Waals surface area contributed by atoms with Crippen molar-refractivity contribution in [3.05, 3.63) is 185 Å². The van der Waals surface area contributed by atoms with Crippen LogP contribution in [0.2, 0.25) is 0 Å². The highest BCUT2D eigenvalue weighted by atomic mass is 16.5. The third-order valence-corrected chi connectivity index (χ3v) is 11.8. The molecule has 0 fully saturated rings. The first-order chi connectivity index (χ1) is 26.8. The highest BCUT2D eigenvalue weighted by molar-refractivity contribution is 6.02. The number of esters is 1. The van der Waals surface area contributed by atoms with E-state index in [2.05, 4.69) is 85.5 Å². The van der Waals surface area contributed by atoms with Crippen LogP contribution in [0.4, 0.5) is 11.4 Å². The lowest BCUT2D eigenvalue weighted by molar-refractivity contribution is 0.0453. The summed E-state index contributed by atoms with van der Waals surface area (Å²) >= 11 is 0. The fourth-order valence-corrected chi connectivity index (χ4v) is 8.78. The smallest absolute Gasteiger partial charge is 0.338 e. The van der Waals surface area contributed by atoms with Gasteiger partial charge in [0.1, 0.15) is 18.0 Å². The first-order valence-corrected chi connectivity index (χ1v) is 18.6. The van der Waals surface area contributed by atoms with E-state index in [-0.39, 0.29) is 6.61 Å². The first kappa shape index (κ1) is 32.9. The van der Waals surface area contributed by atoms with Crippen molar-refractivity contribution in [2.24, 2.45) is 4.99 Å². The molecule has 0 N–H and O–H groups in total. The minimum absolute atomic E-state index is 0.0224. The number of hydrogen-bond donors (Lipinski definition) is 0. The molecule has 0 aliphatic carbocycles. The number of hydrogen-bond acceptors (Lipinski definition) is 6. The first-order valence-electron chi connectivity index (χ1n) is 18.6. The lowest BCUT2D eigenvalue weighted by Crippen LogP contribution is -2.61. The molecule has 7 aromatic rings. The Labute approximate surface area is 319 Å². The van der Waals surface area contributed by atoms with Crippen molar-refractivity contribution >= 4 is 51.2 Å². The fourth-order valence-electron chi connectivity index (χ4n) is 8.78. The van der Waals surface area contributed by atoms with Gasteiger partial charge in [0.05, 0.1) is 17.2 Å². The number of likely N-dealkylation sites (N-methyl/N-ethyl adjacent to an activating group) is 1. The summed E-state index contributed by atoms with van der Waals surface area (Å²) in [6, 6.07) is 48.8. The van der Waals surface area contributed by atoms with E-state index in [9.17, 15) is 4.79 Å². The van der Waals surface area contributed by atoms with Crippen molar-refractivity contribution in [1.82, 2.24) is 0 Å². The normalized spacial score (nSPS) is 18.3. The molecule has 10 rings (SSSR count). The standard InChI is InChI=1S/C49H38N2O4/c1-47(2)41-20-12-13-21-42(41)51(3)49(47)31-50-44-39-19-11-10-14-32(39)29-35(45(44)55-49)30-53-46(52)34-22-24-38-33(28-34)23-25-43-40(38)26-27-48(54-43,36-15-6-4-7-16-36)37-17-8-5-9-18-37/h4-29,31H,30H2,1-3H3. The molecule has 6 nitrogen and oxygen atoms in total. The molecule has 1 atom stereocenters. The predicted molar refractivity (Wildman–Crippen MR) is 220 cm³/mol. The Morgan fingerprint density at radius 1 is 0.727 bits per heavy atom. The number of aliphatic imine (C=N–C) groups is 1. The summed E-state index contributed by atoms with van der Waals surface area (Å²) < 4.78 is 20.1. The molecule has 55 heavy (non-hydrogen) atoms. The van der Waals surface area contributed by atoms with Crippen molar-refractivity contribution in [1.29, 1.82) is 0 Å². The van der Waals surface area contributed by atoms with Crippen LogP contribution in [0, 0.1) is 0 Å². The van der Waals surface area contributed by atoms with Crippen LogP contribution in [-0.2, 0) is 22.4 Å². The van der Waals surface area contributed by atoms with E-state index in [1.54, 1.807) is 0 Å². The lowest BCUT2D eigenvalue weighted by atomic mass is 9.77. The van der Waals surface area contributed by atoms with Crippen LogP contribution in [0.25, 0.3) is 27.6 Å². The highest BCUT2D eigenvalue weighted by Gasteiger charge is 2.58. The van der Waals surface area contributed by atoms with Crippen LogP contribution >= 0.6 is 0 Å². The largest absolute Gasteiger partial charge is 0.473 e. The molecular formula is C49H38N2O4. The number of anilines is 1. The molecule has 0 radical (unpaired) electrons. The summed E-state index contributed by atoms with van der Waals surface area (Å²) in [5, 5.41) is 3.89. The third kappa shape index (κ3) is 4.87. The van der Waals surface area contributed by atoms with E-state index in [1.807, 2.05) is 104 Å². The number of ether oxygens (including phenoxy) is 3. The van der Waals surface area contributed by atoms with E-state index in [1.165, 1.54) is 5.56 Å². The molecule has 7 aromatic carbocycles. The van der Waals surface area contributed by atoms with Crippen molar-refractivity contribution in [2.75, 3.05) is 11.9 Å². The summed E-state index contributed by atoms with van der Waals surface area (Å²) in [5.41, 5.74) is 5.25. The van der Waals surface area contributed by atoms with E-state index in [0.29, 0.717) is 11.3 Å². The zero-order valence-electron chi connectivity index (χ0n) is 30.8. The second-order valence-corrected chi connectivity index (χ2v) is 15.1. The van der Waals surface area contributed by atoms with E-state index >= 15 is 0 Å². The number of carbonyl (C=O) groups excluding carboxylic acids is 1. The molecule has 3 aliphatic rings. The monoisotopic (exact) mass is 718 g/mol. The van der Waals surface area contributed by atoms with E-state index in [0.717, 1.165) is 60.9 Å². The van der Waals surface area contributed by atoms with E-state index in [4.69, 9.17) is 19.2 Å². The van der Waals surface area contributed by atoms with Gasteiger partial charge in [0, 0.05) is 40.4 Å². The third-order valence-electron chi connectivity index (χ3n) is 11.8. The second-order valence-electron chi connectivity index (χ2n) is 15.1. The van der Waals surface area contributed by atoms with Gasteiger partial charge in [0.2, 0.25) is 5.72 Å². The molecule has 0 bridgehead atoms. The molecule has 1 spiro atoms. The Hall–Kier alpha value is -6.66. The quantitative estimate of drug-likeness (QED) is 0.166. The predicted octanol–water partition coefficient (Wildman–Crippen LogP) is 10.9. The number of nitrogens with zero attached hydrogens (tertiary/aromatic N) is 2. The maximum atomic E-state index is 13.8. The van der Waals surface area contributed by atoms with Crippen molar-refractivity contribution in [3.8, 4) is 11.5 Å². The van der Waals surface area contributed by atoms with Gasteiger partial charge in [0.15, 0.2) is 11.4 Å². The van der Waals surface area contributed by atoms with Gasteiger partial charge < -0.3 is 19.1 Å². The summed E-state index contributed by atoms with van der Waals surface area (Å²) in [7, 11) is 2.05. The van der Waals surface area contributed by atoms with Crippen molar-refractivity contribution in [2.45, 2.75) is 37.2 Å². The number of fused-ring (bicyclic) bond motifs is 7. The van der Waals surface area contributed by atoms with Crippen molar-refractivity contribution < 1.29 is 19.0 Å². The van der Waals surface area contributed by atoms with Crippen LogP contribution in [0.5, 0.6) is 11.5 Å². The molecule has 1 unspecified atom stereocenters. The van der Waals surface area contributed by atoms with Gasteiger partial charge in [-0.3, -0.25) is 4.99 Å². The van der Waals surface area contributed by atoms with Gasteiger partial charge in [-0.25, -0.2) is 4.79 Å². The minimum atomic E-state index is -0.873. The Morgan fingerprint density at radius 2 is 1.42 bits per heavy atom. The Morgan fingerprint density at radius 3 is 2.18 bits per heavy atom. The molecule has 0 aromatic heterocycles. The number of carbonyl (C=O) groups is 1. The van der Waals surface area contributed by atoms with Gasteiger partial charge >= 0.3 is 5.97 Å². The van der Waals surface area contributed by atoms with Crippen LogP contribution in [0.15, 0.2) is 157 Å². The molecule has 0 saturated heterocycles. The second kappa shape index (κ2) is 12.2. The molecule has 0 saturated carbocycles. The SMILES string of the molecule is CN1c2ccccc2C(C)(C)C12C=Nc1c(c(COC(=O)c3ccc4c5c(ccc4c3)OC(c3ccccc3)(c3ccccc3)C=C5)cc3ccccc13)O2.